The molecule has 0 radical (unpaired) electrons. The van der Waals surface area contributed by atoms with E-state index < -0.39 is 11.8 Å². The highest BCUT2D eigenvalue weighted by Crippen LogP contribution is 2.10. The molecule has 6 heteroatoms. The third kappa shape index (κ3) is 5.21. The van der Waals surface area contributed by atoms with Crippen molar-refractivity contribution < 1.29 is 14.4 Å². The number of carbonyl (C=O) groups excluding carboxylic acids is 3. The largest absolute Gasteiger partial charge is 0.347 e. The maximum atomic E-state index is 11.8. The van der Waals surface area contributed by atoms with Crippen LogP contribution in [-0.4, -0.2) is 24.1 Å². The number of benzene rings is 2. The van der Waals surface area contributed by atoms with E-state index in [-0.39, 0.29) is 5.78 Å². The lowest BCUT2D eigenvalue weighted by atomic mass is 10.1. The highest BCUT2D eigenvalue weighted by Gasteiger charge is 2.13. The first kappa shape index (κ1) is 17.7. The van der Waals surface area contributed by atoms with Gasteiger partial charge in [-0.15, -0.1) is 0 Å². The summed E-state index contributed by atoms with van der Waals surface area (Å²) in [6.45, 7) is 1.80. The van der Waals surface area contributed by atoms with E-state index >= 15 is 0 Å². The predicted octanol–water partition coefficient (Wildman–Crippen LogP) is 2.84. The Hall–Kier alpha value is -2.66. The number of amides is 2. The van der Waals surface area contributed by atoms with Gasteiger partial charge >= 0.3 is 11.8 Å². The summed E-state index contributed by atoms with van der Waals surface area (Å²) < 4.78 is 0. The van der Waals surface area contributed by atoms with E-state index in [1.807, 2.05) is 12.1 Å². The number of halogens is 1. The molecule has 24 heavy (non-hydrogen) atoms. The van der Waals surface area contributed by atoms with Gasteiger partial charge in [0.1, 0.15) is 0 Å². The molecule has 124 valence electrons. The van der Waals surface area contributed by atoms with Gasteiger partial charge in [-0.05, 0) is 55.3 Å². The average Bonchev–Trinajstić information content (AvgIpc) is 2.57. The molecular formula is C18H17ClN2O3. The molecule has 0 spiro atoms. The number of hydrogen-bond acceptors (Lipinski definition) is 3. The summed E-state index contributed by atoms with van der Waals surface area (Å²) in [6.07, 6.45) is 0.601. The molecule has 0 atom stereocenters. The van der Waals surface area contributed by atoms with Crippen molar-refractivity contribution in [1.29, 1.82) is 0 Å². The van der Waals surface area contributed by atoms with E-state index in [2.05, 4.69) is 10.6 Å². The Morgan fingerprint density at radius 1 is 0.917 bits per heavy atom. The van der Waals surface area contributed by atoms with Crippen LogP contribution in [0.1, 0.15) is 22.8 Å². The van der Waals surface area contributed by atoms with Crippen LogP contribution < -0.4 is 10.6 Å². The first-order chi connectivity index (χ1) is 11.5. The van der Waals surface area contributed by atoms with Gasteiger partial charge in [0.05, 0.1) is 0 Å². The van der Waals surface area contributed by atoms with Crippen LogP contribution in [0.4, 0.5) is 5.69 Å². The normalized spacial score (nSPS) is 10.1. The van der Waals surface area contributed by atoms with Gasteiger partial charge < -0.3 is 10.6 Å². The first-order valence-corrected chi connectivity index (χ1v) is 7.78. The van der Waals surface area contributed by atoms with Crippen molar-refractivity contribution in [2.45, 2.75) is 13.3 Å². The molecule has 2 amide bonds. The predicted molar refractivity (Wildman–Crippen MR) is 93.2 cm³/mol. The molecule has 0 saturated carbocycles. The second-order valence-corrected chi connectivity index (χ2v) is 5.66. The molecule has 2 N–H and O–H groups in total. The quantitative estimate of drug-likeness (QED) is 0.647. The molecule has 2 rings (SSSR count). The number of carbonyl (C=O) groups is 3. The van der Waals surface area contributed by atoms with E-state index in [1.165, 1.54) is 6.92 Å². The molecule has 0 bridgehead atoms. The lowest BCUT2D eigenvalue weighted by Crippen LogP contribution is -2.36. The summed E-state index contributed by atoms with van der Waals surface area (Å²) in [5.74, 6) is -1.52. The standard InChI is InChI=1S/C18H17ClN2O3/c1-12(22)14-4-8-16(9-5-14)21-18(24)17(23)20-11-10-13-2-6-15(19)7-3-13/h2-9H,10-11H2,1H3,(H,20,23)(H,21,24). The zero-order valence-corrected chi connectivity index (χ0v) is 13.9. The van der Waals surface area contributed by atoms with Crippen molar-refractivity contribution in [3.8, 4) is 0 Å². The van der Waals surface area contributed by atoms with Crippen LogP contribution in [-0.2, 0) is 16.0 Å². The lowest BCUT2D eigenvalue weighted by Gasteiger charge is -2.07. The smallest absolute Gasteiger partial charge is 0.313 e. The molecule has 0 aliphatic carbocycles. The fraction of sp³-hybridized carbons (Fsp3) is 0.167. The summed E-state index contributed by atoms with van der Waals surface area (Å²) in [7, 11) is 0. The van der Waals surface area contributed by atoms with Gasteiger partial charge in [0.25, 0.3) is 0 Å². The molecule has 0 fully saturated rings. The average molecular weight is 345 g/mol. The van der Waals surface area contributed by atoms with Crippen LogP contribution in [0.15, 0.2) is 48.5 Å². The van der Waals surface area contributed by atoms with Crippen LogP contribution in [0, 0.1) is 0 Å². The summed E-state index contributed by atoms with van der Waals surface area (Å²) >= 11 is 5.80. The van der Waals surface area contributed by atoms with Crippen LogP contribution in [0.3, 0.4) is 0 Å². The number of hydrogen-bond donors (Lipinski definition) is 2. The molecule has 2 aromatic carbocycles. The lowest BCUT2D eigenvalue weighted by molar-refractivity contribution is -0.136. The van der Waals surface area contributed by atoms with Crippen molar-refractivity contribution in [2.24, 2.45) is 0 Å². The van der Waals surface area contributed by atoms with E-state index in [9.17, 15) is 14.4 Å². The summed E-state index contributed by atoms with van der Waals surface area (Å²) in [5, 5.41) is 5.69. The number of nitrogens with one attached hydrogen (secondary N) is 2. The zero-order chi connectivity index (χ0) is 17.5. The van der Waals surface area contributed by atoms with Crippen molar-refractivity contribution >= 4 is 34.9 Å². The molecule has 0 unspecified atom stereocenters. The van der Waals surface area contributed by atoms with E-state index in [0.29, 0.717) is 29.2 Å². The Bertz CT molecular complexity index is 740. The number of ketones is 1. The van der Waals surface area contributed by atoms with Crippen molar-refractivity contribution in [3.05, 3.63) is 64.7 Å². The SMILES string of the molecule is CC(=O)c1ccc(NC(=O)C(=O)NCCc2ccc(Cl)cc2)cc1. The number of anilines is 1. The van der Waals surface area contributed by atoms with Crippen molar-refractivity contribution in [1.82, 2.24) is 5.32 Å². The van der Waals surface area contributed by atoms with Gasteiger partial charge in [-0.1, -0.05) is 23.7 Å². The summed E-state index contributed by atoms with van der Waals surface area (Å²) in [5.41, 5.74) is 2.01. The van der Waals surface area contributed by atoms with Crippen molar-refractivity contribution in [2.75, 3.05) is 11.9 Å². The van der Waals surface area contributed by atoms with Gasteiger partial charge in [-0.2, -0.15) is 0 Å². The van der Waals surface area contributed by atoms with Crippen LogP contribution >= 0.6 is 11.6 Å². The minimum absolute atomic E-state index is 0.0622. The Morgan fingerprint density at radius 2 is 1.54 bits per heavy atom. The molecule has 0 aliphatic rings. The molecule has 2 aromatic rings. The van der Waals surface area contributed by atoms with Crippen LogP contribution in [0.5, 0.6) is 0 Å². The fourth-order valence-electron chi connectivity index (χ4n) is 2.03. The third-order valence-electron chi connectivity index (χ3n) is 3.37. The Labute approximate surface area is 145 Å². The maximum absolute atomic E-state index is 11.8. The van der Waals surface area contributed by atoms with Crippen LogP contribution in [0.2, 0.25) is 5.02 Å². The maximum Gasteiger partial charge on any atom is 0.313 e. The molecule has 0 heterocycles. The Morgan fingerprint density at radius 3 is 2.12 bits per heavy atom. The summed E-state index contributed by atoms with van der Waals surface area (Å²) in [4.78, 5) is 34.8. The van der Waals surface area contributed by atoms with E-state index in [0.717, 1.165) is 5.56 Å². The summed E-state index contributed by atoms with van der Waals surface area (Å²) in [6, 6.07) is 13.6. The molecule has 0 aromatic heterocycles. The second-order valence-electron chi connectivity index (χ2n) is 5.22. The Balaban J connectivity index is 1.80. The molecule has 5 nitrogen and oxygen atoms in total. The molecule has 0 saturated heterocycles. The van der Waals surface area contributed by atoms with Gasteiger partial charge in [0.15, 0.2) is 5.78 Å². The van der Waals surface area contributed by atoms with E-state index in [4.69, 9.17) is 11.6 Å². The zero-order valence-electron chi connectivity index (χ0n) is 13.1. The van der Waals surface area contributed by atoms with Gasteiger partial charge in [0.2, 0.25) is 0 Å². The highest BCUT2D eigenvalue weighted by atomic mass is 35.5. The third-order valence-corrected chi connectivity index (χ3v) is 3.62. The monoisotopic (exact) mass is 344 g/mol. The Kier molecular flexibility index (Phi) is 6.09. The number of rotatable bonds is 5. The van der Waals surface area contributed by atoms with Gasteiger partial charge in [0, 0.05) is 22.8 Å². The molecule has 0 aliphatic heterocycles. The minimum atomic E-state index is -0.748. The van der Waals surface area contributed by atoms with E-state index in [1.54, 1.807) is 36.4 Å². The van der Waals surface area contributed by atoms with Crippen LogP contribution in [0.25, 0.3) is 0 Å². The number of Topliss-reactive ketones (excluding diaryl/α,β-unsaturated/α-hetero) is 1. The fourth-order valence-corrected chi connectivity index (χ4v) is 2.15. The van der Waals surface area contributed by atoms with Gasteiger partial charge in [-0.25, -0.2) is 0 Å². The first-order valence-electron chi connectivity index (χ1n) is 7.40. The minimum Gasteiger partial charge on any atom is -0.347 e. The molecular weight excluding hydrogens is 328 g/mol. The van der Waals surface area contributed by atoms with Crippen molar-refractivity contribution in [3.63, 3.8) is 0 Å². The van der Waals surface area contributed by atoms with Gasteiger partial charge in [-0.3, -0.25) is 14.4 Å². The topological polar surface area (TPSA) is 75.3 Å². The second kappa shape index (κ2) is 8.26. The highest BCUT2D eigenvalue weighted by molar-refractivity contribution is 6.39.